The van der Waals surface area contributed by atoms with Gasteiger partial charge in [0.2, 0.25) is 5.91 Å². The van der Waals surface area contributed by atoms with Crippen molar-refractivity contribution in [1.29, 1.82) is 0 Å². The minimum absolute atomic E-state index is 0.100. The number of carbonyl (C=O) groups excluding carboxylic acids is 2. The van der Waals surface area contributed by atoms with Crippen molar-refractivity contribution in [3.8, 4) is 0 Å². The van der Waals surface area contributed by atoms with Gasteiger partial charge < -0.3 is 14.4 Å². The van der Waals surface area contributed by atoms with Crippen molar-refractivity contribution >= 4 is 22.9 Å². The Bertz CT molecular complexity index is 561. The van der Waals surface area contributed by atoms with Gasteiger partial charge >= 0.3 is 0 Å². The van der Waals surface area contributed by atoms with Gasteiger partial charge in [0.05, 0.1) is 0 Å². The van der Waals surface area contributed by atoms with Crippen LogP contribution in [0.15, 0.2) is 6.33 Å². The Labute approximate surface area is 134 Å². The first-order valence-electron chi connectivity index (χ1n) is 7.68. The lowest BCUT2D eigenvalue weighted by Gasteiger charge is -2.32. The zero-order valence-electron chi connectivity index (χ0n) is 12.8. The molecular weight excluding hydrogens is 302 g/mol. The molecule has 1 atom stereocenters. The zero-order chi connectivity index (χ0) is 15.5. The molecule has 2 fully saturated rings. The van der Waals surface area contributed by atoms with Gasteiger partial charge in [-0.3, -0.25) is 9.59 Å². The third-order valence-corrected chi connectivity index (χ3v) is 5.22. The monoisotopic (exact) mass is 323 g/mol. The number of likely N-dealkylation sites (tertiary alicyclic amines) is 1. The lowest BCUT2D eigenvalue weighted by molar-refractivity contribution is -0.132. The summed E-state index contributed by atoms with van der Waals surface area (Å²) in [5.74, 6) is 2.18. The number of piperidine rings is 1. The van der Waals surface area contributed by atoms with E-state index in [4.69, 9.17) is 0 Å². The second kappa shape index (κ2) is 6.68. The molecule has 2 saturated heterocycles. The standard InChI is InChI=1S/C14H21N5O2S/c1-17-10-15-16-13(17)11-3-2-5-19(9-11)12(20)4-6-18-7-8-22-14(18)21/h10-11H,2-9H2,1H3/t11-/m1/s1. The van der Waals surface area contributed by atoms with Crippen molar-refractivity contribution in [2.75, 3.05) is 31.9 Å². The van der Waals surface area contributed by atoms with E-state index in [1.54, 1.807) is 11.2 Å². The molecule has 1 aromatic heterocycles. The lowest BCUT2D eigenvalue weighted by Crippen LogP contribution is -2.41. The topological polar surface area (TPSA) is 71.3 Å². The minimum atomic E-state index is 0.100. The number of hydrogen-bond donors (Lipinski definition) is 0. The maximum atomic E-state index is 12.4. The summed E-state index contributed by atoms with van der Waals surface area (Å²) in [5, 5.41) is 8.20. The number of carbonyl (C=O) groups is 2. The second-order valence-corrected chi connectivity index (χ2v) is 6.88. The number of aromatic nitrogens is 3. The molecule has 2 amide bonds. The van der Waals surface area contributed by atoms with Gasteiger partial charge in [-0.1, -0.05) is 11.8 Å². The molecule has 1 aromatic rings. The van der Waals surface area contributed by atoms with E-state index in [0.717, 1.165) is 37.5 Å². The summed E-state index contributed by atoms with van der Waals surface area (Å²) in [5.41, 5.74) is 0. The van der Waals surface area contributed by atoms with E-state index in [-0.39, 0.29) is 17.1 Å². The van der Waals surface area contributed by atoms with Gasteiger partial charge in [-0.05, 0) is 12.8 Å². The summed E-state index contributed by atoms with van der Waals surface area (Å²) >= 11 is 1.34. The van der Waals surface area contributed by atoms with Crippen molar-refractivity contribution in [3.63, 3.8) is 0 Å². The number of amides is 2. The SMILES string of the molecule is Cn1cnnc1[C@@H]1CCCN(C(=O)CCN2CCSC2=O)C1. The molecule has 8 heteroatoms. The number of hydrogen-bond acceptors (Lipinski definition) is 5. The normalized spacial score (nSPS) is 22.4. The molecule has 0 aromatic carbocycles. The molecule has 0 spiro atoms. The van der Waals surface area contributed by atoms with Crippen LogP contribution < -0.4 is 0 Å². The van der Waals surface area contributed by atoms with Crippen molar-refractivity contribution in [3.05, 3.63) is 12.2 Å². The molecule has 2 aliphatic rings. The Morgan fingerprint density at radius 1 is 1.45 bits per heavy atom. The van der Waals surface area contributed by atoms with Gasteiger partial charge in [0.15, 0.2) is 0 Å². The highest BCUT2D eigenvalue weighted by atomic mass is 32.2. The molecule has 0 N–H and O–H groups in total. The summed E-state index contributed by atoms with van der Waals surface area (Å²) in [6.07, 6.45) is 4.14. The van der Waals surface area contributed by atoms with Gasteiger partial charge in [0.25, 0.3) is 5.24 Å². The van der Waals surface area contributed by atoms with Crippen LogP contribution in [0.5, 0.6) is 0 Å². The number of thioether (sulfide) groups is 1. The van der Waals surface area contributed by atoms with Crippen LogP contribution in [0.4, 0.5) is 4.79 Å². The van der Waals surface area contributed by atoms with Crippen molar-refractivity contribution in [1.82, 2.24) is 24.6 Å². The fraction of sp³-hybridized carbons (Fsp3) is 0.714. The third-order valence-electron chi connectivity index (χ3n) is 4.33. The van der Waals surface area contributed by atoms with E-state index in [0.29, 0.717) is 19.5 Å². The summed E-state index contributed by atoms with van der Waals surface area (Å²) in [4.78, 5) is 27.6. The molecule has 0 aliphatic carbocycles. The highest BCUT2D eigenvalue weighted by Crippen LogP contribution is 2.25. The van der Waals surface area contributed by atoms with E-state index in [1.165, 1.54) is 11.8 Å². The van der Waals surface area contributed by atoms with Crippen molar-refractivity contribution in [2.24, 2.45) is 7.05 Å². The zero-order valence-corrected chi connectivity index (χ0v) is 13.6. The van der Waals surface area contributed by atoms with Crippen LogP contribution in [0.25, 0.3) is 0 Å². The summed E-state index contributed by atoms with van der Waals surface area (Å²) < 4.78 is 1.93. The predicted octanol–water partition coefficient (Wildman–Crippen LogP) is 1.08. The van der Waals surface area contributed by atoms with Crippen molar-refractivity contribution < 1.29 is 9.59 Å². The first kappa shape index (κ1) is 15.3. The molecule has 7 nitrogen and oxygen atoms in total. The molecule has 2 aliphatic heterocycles. The summed E-state index contributed by atoms with van der Waals surface area (Å²) in [6, 6.07) is 0. The van der Waals surface area contributed by atoms with Crippen LogP contribution in [0.1, 0.15) is 31.0 Å². The largest absolute Gasteiger partial charge is 0.342 e. The Kier molecular flexibility index (Phi) is 4.66. The fourth-order valence-electron chi connectivity index (χ4n) is 3.09. The van der Waals surface area contributed by atoms with E-state index < -0.39 is 0 Å². The molecule has 120 valence electrons. The van der Waals surface area contributed by atoms with E-state index in [1.807, 2.05) is 16.5 Å². The van der Waals surface area contributed by atoms with Crippen LogP contribution >= 0.6 is 11.8 Å². The lowest BCUT2D eigenvalue weighted by atomic mass is 9.97. The van der Waals surface area contributed by atoms with Gasteiger partial charge in [-0.25, -0.2) is 0 Å². The number of rotatable bonds is 4. The molecule has 22 heavy (non-hydrogen) atoms. The summed E-state index contributed by atoms with van der Waals surface area (Å²) in [6.45, 7) is 2.80. The Morgan fingerprint density at radius 2 is 2.32 bits per heavy atom. The molecule has 0 bridgehead atoms. The highest BCUT2D eigenvalue weighted by Gasteiger charge is 2.28. The average Bonchev–Trinajstić information content (AvgIpc) is 3.13. The Hall–Kier alpha value is -1.57. The third kappa shape index (κ3) is 3.26. The van der Waals surface area contributed by atoms with Gasteiger partial charge in [-0.2, -0.15) is 0 Å². The van der Waals surface area contributed by atoms with Gasteiger partial charge in [0.1, 0.15) is 12.2 Å². The molecule has 0 radical (unpaired) electrons. The van der Waals surface area contributed by atoms with E-state index in [2.05, 4.69) is 10.2 Å². The smallest absolute Gasteiger partial charge is 0.281 e. The quantitative estimate of drug-likeness (QED) is 0.829. The van der Waals surface area contributed by atoms with Crippen LogP contribution in [0, 0.1) is 0 Å². The first-order valence-corrected chi connectivity index (χ1v) is 8.67. The van der Waals surface area contributed by atoms with Crippen LogP contribution in [0.2, 0.25) is 0 Å². The maximum Gasteiger partial charge on any atom is 0.281 e. The number of aryl methyl sites for hydroxylation is 1. The number of nitrogens with zero attached hydrogens (tertiary/aromatic N) is 5. The fourth-order valence-corrected chi connectivity index (χ4v) is 3.95. The Morgan fingerprint density at radius 3 is 3.00 bits per heavy atom. The molecular formula is C14H21N5O2S. The second-order valence-electron chi connectivity index (χ2n) is 5.83. The molecule has 3 heterocycles. The van der Waals surface area contributed by atoms with Crippen LogP contribution in [-0.4, -0.2) is 67.6 Å². The molecule has 0 unspecified atom stereocenters. The van der Waals surface area contributed by atoms with Crippen molar-refractivity contribution in [2.45, 2.75) is 25.2 Å². The maximum absolute atomic E-state index is 12.4. The highest BCUT2D eigenvalue weighted by molar-refractivity contribution is 8.13. The minimum Gasteiger partial charge on any atom is -0.342 e. The molecule has 0 saturated carbocycles. The van der Waals surface area contributed by atoms with Crippen LogP contribution in [0.3, 0.4) is 0 Å². The van der Waals surface area contributed by atoms with E-state index in [9.17, 15) is 9.59 Å². The average molecular weight is 323 g/mol. The molecule has 3 rings (SSSR count). The predicted molar refractivity (Wildman–Crippen MR) is 83.6 cm³/mol. The summed E-state index contributed by atoms with van der Waals surface area (Å²) in [7, 11) is 1.94. The van der Waals surface area contributed by atoms with E-state index >= 15 is 0 Å². The Balaban J connectivity index is 1.54. The van der Waals surface area contributed by atoms with Gasteiger partial charge in [-0.15, -0.1) is 10.2 Å². The van der Waals surface area contributed by atoms with Crippen LogP contribution in [-0.2, 0) is 11.8 Å². The van der Waals surface area contributed by atoms with Gasteiger partial charge in [0, 0.05) is 51.3 Å². The first-order chi connectivity index (χ1) is 10.6.